The van der Waals surface area contributed by atoms with Crippen LogP contribution in [-0.4, -0.2) is 10.2 Å². The normalized spacial score (nSPS) is 11.0. The Kier molecular flexibility index (Phi) is 6.55. The summed E-state index contributed by atoms with van der Waals surface area (Å²) in [6.45, 7) is 8.48. The van der Waals surface area contributed by atoms with Crippen LogP contribution in [0.2, 0.25) is 0 Å². The highest BCUT2D eigenvalue weighted by atomic mass is 16.3. The molecule has 0 fully saturated rings. The third kappa shape index (κ3) is 5.12. The van der Waals surface area contributed by atoms with Crippen molar-refractivity contribution in [2.75, 3.05) is 0 Å². The minimum absolute atomic E-state index is 0.255. The first-order chi connectivity index (χ1) is 15.8. The van der Waals surface area contributed by atoms with Crippen LogP contribution in [0.5, 0.6) is 11.5 Å². The Balaban J connectivity index is 1.69. The third-order valence-corrected chi connectivity index (χ3v) is 6.69. The molecule has 0 amide bonds. The SMILES string of the molecule is Cc1cc(Cc2ccccc2)c(C)c(Cc2cc(C)c(O)c(Cc3ccc(O)cc3)c2C)c1. The fraction of sp³-hybridized carbons (Fsp3) is 0.226. The molecule has 0 radical (unpaired) electrons. The second-order valence-corrected chi connectivity index (χ2v) is 9.20. The molecule has 2 N–H and O–H groups in total. The van der Waals surface area contributed by atoms with E-state index >= 15 is 0 Å². The largest absolute Gasteiger partial charge is 0.508 e. The molecule has 0 aliphatic heterocycles. The Bertz CT molecular complexity index is 1270. The Morgan fingerprint density at radius 2 is 1.15 bits per heavy atom. The van der Waals surface area contributed by atoms with Crippen molar-refractivity contribution >= 4 is 0 Å². The number of aromatic hydroxyl groups is 2. The average Bonchev–Trinajstić information content (AvgIpc) is 2.80. The molecule has 2 nitrogen and oxygen atoms in total. The Morgan fingerprint density at radius 3 is 1.82 bits per heavy atom. The number of hydrogen-bond acceptors (Lipinski definition) is 2. The second-order valence-electron chi connectivity index (χ2n) is 9.20. The van der Waals surface area contributed by atoms with Gasteiger partial charge in [0.25, 0.3) is 0 Å². The van der Waals surface area contributed by atoms with Gasteiger partial charge in [-0.3, -0.25) is 0 Å². The fourth-order valence-corrected chi connectivity index (χ4v) is 4.67. The molecule has 0 aliphatic rings. The number of hydrogen-bond donors (Lipinski definition) is 2. The smallest absolute Gasteiger partial charge is 0.122 e. The minimum atomic E-state index is 0.255. The van der Waals surface area contributed by atoms with Crippen LogP contribution < -0.4 is 0 Å². The first-order valence-corrected chi connectivity index (χ1v) is 11.5. The van der Waals surface area contributed by atoms with Crippen molar-refractivity contribution in [2.45, 2.75) is 47.0 Å². The molecule has 4 aromatic rings. The fourth-order valence-electron chi connectivity index (χ4n) is 4.67. The first-order valence-electron chi connectivity index (χ1n) is 11.5. The molecule has 168 valence electrons. The predicted octanol–water partition coefficient (Wildman–Crippen LogP) is 7.10. The first kappa shape index (κ1) is 22.7. The van der Waals surface area contributed by atoms with Gasteiger partial charge in [0, 0.05) is 12.0 Å². The van der Waals surface area contributed by atoms with Crippen LogP contribution in [0, 0.1) is 27.7 Å². The summed E-state index contributed by atoms with van der Waals surface area (Å²) in [5, 5.41) is 20.4. The molecule has 0 unspecified atom stereocenters. The van der Waals surface area contributed by atoms with E-state index < -0.39 is 0 Å². The molecule has 2 heteroatoms. The molecule has 0 aliphatic carbocycles. The summed E-state index contributed by atoms with van der Waals surface area (Å²) < 4.78 is 0. The van der Waals surface area contributed by atoms with Gasteiger partial charge in [-0.15, -0.1) is 0 Å². The van der Waals surface area contributed by atoms with Gasteiger partial charge in [0.05, 0.1) is 0 Å². The summed E-state index contributed by atoms with van der Waals surface area (Å²) in [7, 11) is 0. The van der Waals surface area contributed by atoms with Gasteiger partial charge in [0.2, 0.25) is 0 Å². The van der Waals surface area contributed by atoms with Crippen molar-refractivity contribution in [3.63, 3.8) is 0 Å². The van der Waals surface area contributed by atoms with E-state index in [-0.39, 0.29) is 5.75 Å². The van der Waals surface area contributed by atoms with Crippen molar-refractivity contribution in [3.8, 4) is 11.5 Å². The highest BCUT2D eigenvalue weighted by Crippen LogP contribution is 2.33. The van der Waals surface area contributed by atoms with Crippen LogP contribution in [0.25, 0.3) is 0 Å². The maximum atomic E-state index is 10.8. The number of aryl methyl sites for hydroxylation is 2. The van der Waals surface area contributed by atoms with Crippen LogP contribution in [0.3, 0.4) is 0 Å². The lowest BCUT2D eigenvalue weighted by Crippen LogP contribution is -2.04. The van der Waals surface area contributed by atoms with Gasteiger partial charge in [0.1, 0.15) is 11.5 Å². The minimum Gasteiger partial charge on any atom is -0.508 e. The van der Waals surface area contributed by atoms with E-state index in [4.69, 9.17) is 0 Å². The van der Waals surface area contributed by atoms with E-state index in [0.29, 0.717) is 12.2 Å². The van der Waals surface area contributed by atoms with Gasteiger partial charge < -0.3 is 10.2 Å². The zero-order valence-electron chi connectivity index (χ0n) is 19.9. The second kappa shape index (κ2) is 9.54. The molecule has 33 heavy (non-hydrogen) atoms. The number of phenolic OH excluding ortho intramolecular Hbond substituents is 2. The van der Waals surface area contributed by atoms with E-state index in [1.165, 1.54) is 33.4 Å². The van der Waals surface area contributed by atoms with Crippen molar-refractivity contribution in [2.24, 2.45) is 0 Å². The van der Waals surface area contributed by atoms with Crippen LogP contribution >= 0.6 is 0 Å². The van der Waals surface area contributed by atoms with Crippen molar-refractivity contribution in [1.29, 1.82) is 0 Å². The molecule has 4 aromatic carbocycles. The van der Waals surface area contributed by atoms with Gasteiger partial charge in [-0.05, 0) is 97.2 Å². The Morgan fingerprint density at radius 1 is 0.576 bits per heavy atom. The average molecular weight is 437 g/mol. The summed E-state index contributed by atoms with van der Waals surface area (Å²) in [5.41, 5.74) is 12.0. The van der Waals surface area contributed by atoms with Crippen LogP contribution in [0.4, 0.5) is 0 Å². The van der Waals surface area contributed by atoms with E-state index in [1.807, 2.05) is 19.1 Å². The monoisotopic (exact) mass is 436 g/mol. The van der Waals surface area contributed by atoms with Gasteiger partial charge in [0.15, 0.2) is 0 Å². The van der Waals surface area contributed by atoms with Crippen LogP contribution in [0.1, 0.15) is 55.6 Å². The lowest BCUT2D eigenvalue weighted by atomic mass is 9.87. The van der Waals surface area contributed by atoms with Crippen molar-refractivity contribution in [1.82, 2.24) is 0 Å². The van der Waals surface area contributed by atoms with Gasteiger partial charge in [-0.25, -0.2) is 0 Å². The Labute approximate surface area is 197 Å². The van der Waals surface area contributed by atoms with Crippen LogP contribution in [-0.2, 0) is 19.3 Å². The van der Waals surface area contributed by atoms with E-state index in [9.17, 15) is 10.2 Å². The van der Waals surface area contributed by atoms with Gasteiger partial charge >= 0.3 is 0 Å². The molecule has 0 saturated heterocycles. The zero-order chi connectivity index (χ0) is 23.5. The zero-order valence-corrected chi connectivity index (χ0v) is 19.9. The lowest BCUT2D eigenvalue weighted by molar-refractivity contribution is 0.464. The highest BCUT2D eigenvalue weighted by Gasteiger charge is 2.16. The predicted molar refractivity (Wildman–Crippen MR) is 136 cm³/mol. The molecular formula is C31H32O2. The third-order valence-electron chi connectivity index (χ3n) is 6.69. The summed E-state index contributed by atoms with van der Waals surface area (Å²) in [4.78, 5) is 0. The standard InChI is InChI=1S/C31H32O2/c1-20-14-26(17-24-8-6-5-7-9-24)22(3)27(15-20)19-28-16-21(2)31(33)30(23(28)4)18-25-10-12-29(32)13-11-25/h5-16,32-33H,17-19H2,1-4H3. The molecule has 0 bridgehead atoms. The van der Waals surface area contributed by atoms with E-state index in [0.717, 1.165) is 35.1 Å². The summed E-state index contributed by atoms with van der Waals surface area (Å²) >= 11 is 0. The maximum absolute atomic E-state index is 10.8. The lowest BCUT2D eigenvalue weighted by Gasteiger charge is -2.19. The summed E-state index contributed by atoms with van der Waals surface area (Å²) in [6, 6.07) is 24.6. The van der Waals surface area contributed by atoms with Crippen molar-refractivity contribution < 1.29 is 10.2 Å². The molecule has 0 spiro atoms. The van der Waals surface area contributed by atoms with E-state index in [1.54, 1.807) is 12.1 Å². The van der Waals surface area contributed by atoms with E-state index in [2.05, 4.69) is 69.3 Å². The summed E-state index contributed by atoms with van der Waals surface area (Å²) in [6.07, 6.45) is 2.41. The topological polar surface area (TPSA) is 40.5 Å². The quantitative estimate of drug-likeness (QED) is 0.338. The molecular weight excluding hydrogens is 404 g/mol. The molecule has 4 rings (SSSR count). The molecule has 0 atom stereocenters. The van der Waals surface area contributed by atoms with Crippen molar-refractivity contribution in [3.05, 3.63) is 128 Å². The molecule has 0 aromatic heterocycles. The highest BCUT2D eigenvalue weighted by molar-refractivity contribution is 5.53. The molecule has 0 heterocycles. The van der Waals surface area contributed by atoms with Gasteiger partial charge in [-0.1, -0.05) is 66.2 Å². The summed E-state index contributed by atoms with van der Waals surface area (Å²) in [5.74, 6) is 0.626. The number of phenols is 2. The number of rotatable bonds is 6. The molecule has 0 saturated carbocycles. The van der Waals surface area contributed by atoms with Gasteiger partial charge in [-0.2, -0.15) is 0 Å². The number of benzene rings is 4. The Hall–Kier alpha value is -3.52. The maximum Gasteiger partial charge on any atom is 0.122 e. The van der Waals surface area contributed by atoms with Crippen LogP contribution in [0.15, 0.2) is 72.8 Å².